The van der Waals surface area contributed by atoms with Crippen molar-refractivity contribution in [2.24, 2.45) is 0 Å². The standard InChI is InChI=1S/C13H17F2NO4S/c1-13(2,3)20-12(17)16-11(8-21(15,18)19)9-4-6-10(14)7-5-9/h4-7,11H,8H2,1-3H3,(H,16,17). The van der Waals surface area contributed by atoms with E-state index in [-0.39, 0.29) is 5.56 Å². The van der Waals surface area contributed by atoms with Crippen LogP contribution in [-0.4, -0.2) is 25.9 Å². The van der Waals surface area contributed by atoms with Crippen LogP contribution >= 0.6 is 0 Å². The highest BCUT2D eigenvalue weighted by Gasteiger charge is 2.25. The van der Waals surface area contributed by atoms with Crippen LogP contribution in [0.2, 0.25) is 0 Å². The van der Waals surface area contributed by atoms with Crippen molar-refractivity contribution in [1.82, 2.24) is 5.32 Å². The lowest BCUT2D eigenvalue weighted by molar-refractivity contribution is 0.0508. The number of carbonyl (C=O) groups excluding carboxylic acids is 1. The predicted octanol–water partition coefficient (Wildman–Crippen LogP) is 2.69. The zero-order chi connectivity index (χ0) is 16.3. The fourth-order valence-electron chi connectivity index (χ4n) is 1.57. The van der Waals surface area contributed by atoms with Gasteiger partial charge in [0.2, 0.25) is 0 Å². The summed E-state index contributed by atoms with van der Waals surface area (Å²) < 4.78 is 52.4. The van der Waals surface area contributed by atoms with Crippen LogP contribution < -0.4 is 5.32 Å². The lowest BCUT2D eigenvalue weighted by Gasteiger charge is -2.23. The third-order valence-corrected chi connectivity index (χ3v) is 3.06. The van der Waals surface area contributed by atoms with Gasteiger partial charge in [-0.15, -0.1) is 3.89 Å². The van der Waals surface area contributed by atoms with Crippen LogP contribution in [0, 0.1) is 5.82 Å². The minimum Gasteiger partial charge on any atom is -0.444 e. The summed E-state index contributed by atoms with van der Waals surface area (Å²) in [5.74, 6) is -1.49. The molecule has 8 heteroatoms. The number of halogens is 2. The van der Waals surface area contributed by atoms with E-state index in [1.54, 1.807) is 20.8 Å². The first-order valence-corrected chi connectivity index (χ1v) is 7.69. The van der Waals surface area contributed by atoms with Crippen LogP contribution in [0.3, 0.4) is 0 Å². The molecule has 1 aromatic rings. The summed E-state index contributed by atoms with van der Waals surface area (Å²) >= 11 is 0. The average molecular weight is 321 g/mol. The van der Waals surface area contributed by atoms with Crippen LogP contribution in [0.1, 0.15) is 32.4 Å². The Morgan fingerprint density at radius 2 is 1.81 bits per heavy atom. The summed E-state index contributed by atoms with van der Waals surface area (Å²) in [7, 11) is -4.83. The molecule has 1 aromatic carbocycles. The van der Waals surface area contributed by atoms with Gasteiger partial charge in [-0.05, 0) is 38.5 Å². The zero-order valence-corrected chi connectivity index (χ0v) is 12.7. The van der Waals surface area contributed by atoms with Gasteiger partial charge in [-0.3, -0.25) is 0 Å². The van der Waals surface area contributed by atoms with E-state index in [0.717, 1.165) is 12.1 Å². The molecule has 1 amide bonds. The van der Waals surface area contributed by atoms with Gasteiger partial charge < -0.3 is 10.1 Å². The topological polar surface area (TPSA) is 72.5 Å². The quantitative estimate of drug-likeness (QED) is 0.866. The van der Waals surface area contributed by atoms with Crippen molar-refractivity contribution in [3.8, 4) is 0 Å². The van der Waals surface area contributed by atoms with Gasteiger partial charge in [-0.25, -0.2) is 9.18 Å². The first-order valence-electron chi connectivity index (χ1n) is 6.13. The SMILES string of the molecule is CC(C)(C)OC(=O)NC(CS(=O)(=O)F)c1ccc(F)cc1. The molecule has 0 spiro atoms. The maximum Gasteiger partial charge on any atom is 0.408 e. The molecule has 118 valence electrons. The second kappa shape index (κ2) is 6.38. The minimum absolute atomic E-state index is 0.253. The van der Waals surface area contributed by atoms with Crippen molar-refractivity contribution in [3.63, 3.8) is 0 Å². The summed E-state index contributed by atoms with van der Waals surface area (Å²) in [6.07, 6.45) is -0.888. The van der Waals surface area contributed by atoms with Gasteiger partial charge in [0.1, 0.15) is 17.2 Å². The maximum absolute atomic E-state index is 12.9. The molecule has 1 atom stereocenters. The van der Waals surface area contributed by atoms with Gasteiger partial charge in [0.05, 0.1) is 6.04 Å². The van der Waals surface area contributed by atoms with Gasteiger partial charge in [0.15, 0.2) is 0 Å². The molecule has 0 fully saturated rings. The molecule has 0 heterocycles. The largest absolute Gasteiger partial charge is 0.444 e. The molecule has 1 rings (SSSR count). The maximum atomic E-state index is 12.9. The minimum atomic E-state index is -4.83. The van der Waals surface area contributed by atoms with Gasteiger partial charge >= 0.3 is 16.3 Å². The van der Waals surface area contributed by atoms with E-state index in [2.05, 4.69) is 5.32 Å². The van der Waals surface area contributed by atoms with Crippen molar-refractivity contribution in [3.05, 3.63) is 35.6 Å². The molecule has 0 aliphatic carbocycles. The van der Waals surface area contributed by atoms with E-state index < -0.39 is 39.5 Å². The molecule has 0 radical (unpaired) electrons. The van der Waals surface area contributed by atoms with Crippen LogP contribution in [0.15, 0.2) is 24.3 Å². The summed E-state index contributed by atoms with van der Waals surface area (Å²) in [6.45, 7) is 4.89. The number of benzene rings is 1. The third-order valence-electron chi connectivity index (χ3n) is 2.33. The average Bonchev–Trinajstić information content (AvgIpc) is 2.24. The molecule has 0 saturated carbocycles. The van der Waals surface area contributed by atoms with Crippen LogP contribution in [0.5, 0.6) is 0 Å². The fourth-order valence-corrected chi connectivity index (χ4v) is 2.24. The molecule has 0 aromatic heterocycles. The Morgan fingerprint density at radius 1 is 1.29 bits per heavy atom. The lowest BCUT2D eigenvalue weighted by Crippen LogP contribution is -2.37. The molecule has 0 saturated heterocycles. The number of carbonyl (C=O) groups is 1. The first kappa shape index (κ1) is 17.4. The zero-order valence-electron chi connectivity index (χ0n) is 11.9. The van der Waals surface area contributed by atoms with Gasteiger partial charge in [0.25, 0.3) is 0 Å². The van der Waals surface area contributed by atoms with Gasteiger partial charge in [-0.2, -0.15) is 8.42 Å². The van der Waals surface area contributed by atoms with E-state index in [1.165, 1.54) is 12.1 Å². The molecule has 0 bridgehead atoms. The van der Waals surface area contributed by atoms with Crippen LogP contribution in [0.4, 0.5) is 13.1 Å². The number of nitrogens with one attached hydrogen (secondary N) is 1. The summed E-state index contributed by atoms with van der Waals surface area (Å²) in [4.78, 5) is 11.7. The Kier molecular flexibility index (Phi) is 5.27. The van der Waals surface area contributed by atoms with Gasteiger partial charge in [0, 0.05) is 0 Å². The second-order valence-corrected chi connectivity index (χ2v) is 6.87. The van der Waals surface area contributed by atoms with Crippen molar-refractivity contribution in [1.29, 1.82) is 0 Å². The number of hydrogen-bond donors (Lipinski definition) is 1. The Morgan fingerprint density at radius 3 is 2.24 bits per heavy atom. The van der Waals surface area contributed by atoms with Crippen molar-refractivity contribution >= 4 is 16.3 Å². The molecule has 0 aliphatic rings. The molecule has 21 heavy (non-hydrogen) atoms. The van der Waals surface area contributed by atoms with Crippen molar-refractivity contribution in [2.75, 3.05) is 5.75 Å². The monoisotopic (exact) mass is 321 g/mol. The van der Waals surface area contributed by atoms with E-state index in [0.29, 0.717) is 0 Å². The summed E-state index contributed by atoms with van der Waals surface area (Å²) in [6, 6.07) is 3.54. The Labute approximate surface area is 122 Å². The van der Waals surface area contributed by atoms with E-state index in [9.17, 15) is 21.5 Å². The lowest BCUT2D eigenvalue weighted by atomic mass is 10.1. The normalized spacial score (nSPS) is 13.6. The van der Waals surface area contributed by atoms with E-state index >= 15 is 0 Å². The number of ether oxygens (including phenoxy) is 1. The molecular formula is C13H17F2NO4S. The molecular weight excluding hydrogens is 304 g/mol. The second-order valence-electron chi connectivity index (χ2n) is 5.46. The number of amides is 1. The molecule has 5 nitrogen and oxygen atoms in total. The smallest absolute Gasteiger partial charge is 0.408 e. The highest BCUT2D eigenvalue weighted by atomic mass is 32.3. The van der Waals surface area contributed by atoms with Crippen molar-refractivity contribution < 1.29 is 26.2 Å². The Balaban J connectivity index is 2.93. The molecule has 1 unspecified atom stereocenters. The van der Waals surface area contributed by atoms with Crippen LogP contribution in [0.25, 0.3) is 0 Å². The van der Waals surface area contributed by atoms with Crippen molar-refractivity contribution in [2.45, 2.75) is 32.4 Å². The molecule has 0 aliphatic heterocycles. The van der Waals surface area contributed by atoms with E-state index in [1.807, 2.05) is 0 Å². The summed E-state index contributed by atoms with van der Waals surface area (Å²) in [5.41, 5.74) is -0.532. The highest BCUT2D eigenvalue weighted by Crippen LogP contribution is 2.18. The first-order chi connectivity index (χ1) is 9.46. The Bertz CT molecular complexity index is 594. The third kappa shape index (κ3) is 7.03. The van der Waals surface area contributed by atoms with E-state index in [4.69, 9.17) is 4.74 Å². The van der Waals surface area contributed by atoms with Crippen LogP contribution in [-0.2, 0) is 15.0 Å². The Hall–Kier alpha value is -1.70. The highest BCUT2D eigenvalue weighted by molar-refractivity contribution is 7.86. The fraction of sp³-hybridized carbons (Fsp3) is 0.462. The summed E-state index contributed by atoms with van der Waals surface area (Å²) in [5, 5.41) is 2.26. The molecule has 1 N–H and O–H groups in total. The number of hydrogen-bond acceptors (Lipinski definition) is 4. The predicted molar refractivity (Wildman–Crippen MR) is 73.4 cm³/mol. The van der Waals surface area contributed by atoms with Gasteiger partial charge in [-0.1, -0.05) is 12.1 Å². The number of rotatable bonds is 4. The number of alkyl carbamates (subject to hydrolysis) is 1.